The van der Waals surface area contributed by atoms with Crippen molar-refractivity contribution in [3.63, 3.8) is 0 Å². The van der Waals surface area contributed by atoms with Gasteiger partial charge in [-0.25, -0.2) is 4.68 Å². The van der Waals surface area contributed by atoms with Crippen LogP contribution in [0.1, 0.15) is 5.69 Å². The van der Waals surface area contributed by atoms with Gasteiger partial charge in [-0.2, -0.15) is 5.10 Å². The first-order valence-corrected chi connectivity index (χ1v) is 6.22. The van der Waals surface area contributed by atoms with Crippen LogP contribution >= 0.6 is 0 Å². The largest absolute Gasteiger partial charge is 0.398 e. The normalized spacial score (nSPS) is 10.6. The van der Waals surface area contributed by atoms with Gasteiger partial charge in [0.25, 0.3) is 0 Å². The fourth-order valence-electron chi connectivity index (χ4n) is 2.19. The van der Waals surface area contributed by atoms with Gasteiger partial charge >= 0.3 is 0 Å². The smallest absolute Gasteiger partial charge is 0.0764 e. The van der Waals surface area contributed by atoms with Gasteiger partial charge in [-0.1, -0.05) is 36.4 Å². The molecule has 1 aromatic heterocycles. The summed E-state index contributed by atoms with van der Waals surface area (Å²) in [5.74, 6) is 0. The summed E-state index contributed by atoms with van der Waals surface area (Å²) in [5.41, 5.74) is 10.9. The molecule has 3 rings (SSSR count). The number of aryl methyl sites for hydroxylation is 1. The molecule has 2 aromatic carbocycles. The molecule has 0 saturated carbocycles. The van der Waals surface area contributed by atoms with Crippen molar-refractivity contribution < 1.29 is 0 Å². The third-order valence-electron chi connectivity index (χ3n) is 3.07. The van der Waals surface area contributed by atoms with E-state index < -0.39 is 0 Å². The SMILES string of the molecule is Cc1cc(-c2ccccc2N)n(-c2ccccc2)n1. The molecule has 1 heterocycles. The van der Waals surface area contributed by atoms with Crippen LogP contribution in [0.25, 0.3) is 16.9 Å². The number of anilines is 1. The van der Waals surface area contributed by atoms with E-state index in [2.05, 4.69) is 11.2 Å². The molecule has 0 saturated heterocycles. The number of aromatic nitrogens is 2. The molecule has 94 valence electrons. The van der Waals surface area contributed by atoms with Crippen LogP contribution in [0.4, 0.5) is 5.69 Å². The number of nitrogen functional groups attached to an aromatic ring is 1. The van der Waals surface area contributed by atoms with Crippen molar-refractivity contribution in [2.45, 2.75) is 6.92 Å². The molecular weight excluding hydrogens is 234 g/mol. The second-order valence-corrected chi connectivity index (χ2v) is 4.51. The summed E-state index contributed by atoms with van der Waals surface area (Å²) >= 11 is 0. The Bertz CT molecular complexity index is 699. The summed E-state index contributed by atoms with van der Waals surface area (Å²) in [6.45, 7) is 1.99. The molecule has 0 aliphatic rings. The van der Waals surface area contributed by atoms with Crippen molar-refractivity contribution in [3.05, 3.63) is 66.4 Å². The minimum Gasteiger partial charge on any atom is -0.398 e. The molecule has 0 atom stereocenters. The lowest BCUT2D eigenvalue weighted by atomic mass is 10.1. The van der Waals surface area contributed by atoms with Crippen LogP contribution in [0.15, 0.2) is 60.7 Å². The van der Waals surface area contributed by atoms with Gasteiger partial charge in [-0.05, 0) is 31.2 Å². The van der Waals surface area contributed by atoms with Crippen LogP contribution in [0.3, 0.4) is 0 Å². The first-order valence-electron chi connectivity index (χ1n) is 6.22. The number of nitrogens with zero attached hydrogens (tertiary/aromatic N) is 2. The van der Waals surface area contributed by atoms with Crippen molar-refractivity contribution in [2.75, 3.05) is 5.73 Å². The number of hydrogen-bond acceptors (Lipinski definition) is 2. The van der Waals surface area contributed by atoms with E-state index in [4.69, 9.17) is 5.73 Å². The molecule has 19 heavy (non-hydrogen) atoms. The van der Waals surface area contributed by atoms with Gasteiger partial charge < -0.3 is 5.73 Å². The van der Waals surface area contributed by atoms with Crippen molar-refractivity contribution in [1.82, 2.24) is 9.78 Å². The topological polar surface area (TPSA) is 43.8 Å². The van der Waals surface area contributed by atoms with Crippen molar-refractivity contribution >= 4 is 5.69 Å². The van der Waals surface area contributed by atoms with Crippen LogP contribution in [-0.2, 0) is 0 Å². The zero-order chi connectivity index (χ0) is 13.2. The van der Waals surface area contributed by atoms with Crippen LogP contribution < -0.4 is 5.73 Å². The Morgan fingerprint density at radius 2 is 1.63 bits per heavy atom. The van der Waals surface area contributed by atoms with Crippen LogP contribution in [0.2, 0.25) is 0 Å². The highest BCUT2D eigenvalue weighted by Crippen LogP contribution is 2.28. The van der Waals surface area contributed by atoms with E-state index in [1.807, 2.05) is 66.2 Å². The van der Waals surface area contributed by atoms with Crippen LogP contribution in [0.5, 0.6) is 0 Å². The van der Waals surface area contributed by atoms with E-state index in [-0.39, 0.29) is 0 Å². The standard InChI is InChI=1S/C16H15N3/c1-12-11-16(14-9-5-6-10-15(14)17)19(18-12)13-7-3-2-4-8-13/h2-11H,17H2,1H3. The number of hydrogen-bond donors (Lipinski definition) is 1. The van der Waals surface area contributed by atoms with Crippen molar-refractivity contribution in [3.8, 4) is 16.9 Å². The lowest BCUT2D eigenvalue weighted by Gasteiger charge is -2.09. The third kappa shape index (κ3) is 2.10. The van der Waals surface area contributed by atoms with E-state index in [1.165, 1.54) is 0 Å². The minimum atomic E-state index is 0.764. The molecule has 0 amide bonds. The summed E-state index contributed by atoms with van der Waals surface area (Å²) in [5, 5.41) is 4.56. The molecule has 2 N–H and O–H groups in total. The summed E-state index contributed by atoms with van der Waals surface area (Å²) in [6, 6.07) is 20.0. The first kappa shape index (κ1) is 11.5. The molecule has 3 heteroatoms. The van der Waals surface area contributed by atoms with Gasteiger partial charge in [0.05, 0.1) is 17.1 Å². The van der Waals surface area contributed by atoms with Gasteiger partial charge in [-0.15, -0.1) is 0 Å². The molecule has 0 aliphatic heterocycles. The number of rotatable bonds is 2. The Balaban J connectivity index is 2.21. The summed E-state index contributed by atoms with van der Waals surface area (Å²) in [4.78, 5) is 0. The van der Waals surface area contributed by atoms with E-state index in [1.54, 1.807) is 0 Å². The Morgan fingerprint density at radius 1 is 0.947 bits per heavy atom. The minimum absolute atomic E-state index is 0.764. The van der Waals surface area contributed by atoms with Crippen LogP contribution in [0, 0.1) is 6.92 Å². The quantitative estimate of drug-likeness (QED) is 0.707. The average molecular weight is 249 g/mol. The molecule has 0 radical (unpaired) electrons. The molecule has 0 aliphatic carbocycles. The summed E-state index contributed by atoms with van der Waals surface area (Å²) < 4.78 is 1.93. The van der Waals surface area contributed by atoms with E-state index in [0.29, 0.717) is 0 Å². The maximum Gasteiger partial charge on any atom is 0.0764 e. The highest BCUT2D eigenvalue weighted by Gasteiger charge is 2.11. The average Bonchev–Trinajstić information content (AvgIpc) is 2.82. The molecule has 3 aromatic rings. The fourth-order valence-corrected chi connectivity index (χ4v) is 2.19. The van der Waals surface area contributed by atoms with Gasteiger partial charge in [0, 0.05) is 11.3 Å². The first-order chi connectivity index (χ1) is 9.25. The molecule has 0 unspecified atom stereocenters. The molecule has 3 nitrogen and oxygen atoms in total. The number of nitrogens with two attached hydrogens (primary N) is 1. The lowest BCUT2D eigenvalue weighted by Crippen LogP contribution is -2.00. The Hall–Kier alpha value is -2.55. The predicted octanol–water partition coefficient (Wildman–Crippen LogP) is 3.43. The highest BCUT2D eigenvalue weighted by atomic mass is 15.3. The van der Waals surface area contributed by atoms with Crippen molar-refractivity contribution in [1.29, 1.82) is 0 Å². The van der Waals surface area contributed by atoms with E-state index in [0.717, 1.165) is 28.3 Å². The molecule has 0 bridgehead atoms. The van der Waals surface area contributed by atoms with E-state index in [9.17, 15) is 0 Å². The van der Waals surface area contributed by atoms with Gasteiger partial charge in [0.15, 0.2) is 0 Å². The second kappa shape index (κ2) is 4.61. The third-order valence-corrected chi connectivity index (χ3v) is 3.07. The maximum atomic E-state index is 6.07. The monoisotopic (exact) mass is 249 g/mol. The Morgan fingerprint density at radius 3 is 2.37 bits per heavy atom. The van der Waals surface area contributed by atoms with Crippen molar-refractivity contribution in [2.24, 2.45) is 0 Å². The fraction of sp³-hybridized carbons (Fsp3) is 0.0625. The number of para-hydroxylation sites is 2. The predicted molar refractivity (Wildman–Crippen MR) is 78.1 cm³/mol. The second-order valence-electron chi connectivity index (χ2n) is 4.51. The highest BCUT2D eigenvalue weighted by molar-refractivity contribution is 5.75. The molecular formula is C16H15N3. The lowest BCUT2D eigenvalue weighted by molar-refractivity contribution is 0.869. The van der Waals surface area contributed by atoms with E-state index >= 15 is 0 Å². The van der Waals surface area contributed by atoms with Gasteiger partial charge in [-0.3, -0.25) is 0 Å². The van der Waals surface area contributed by atoms with Gasteiger partial charge in [0.2, 0.25) is 0 Å². The summed E-state index contributed by atoms with van der Waals surface area (Å²) in [7, 11) is 0. The Labute approximate surface area is 112 Å². The molecule has 0 spiro atoms. The molecule has 0 fully saturated rings. The summed E-state index contributed by atoms with van der Waals surface area (Å²) in [6.07, 6.45) is 0. The van der Waals surface area contributed by atoms with Crippen LogP contribution in [-0.4, -0.2) is 9.78 Å². The van der Waals surface area contributed by atoms with Gasteiger partial charge in [0.1, 0.15) is 0 Å². The Kier molecular flexibility index (Phi) is 2.80. The zero-order valence-electron chi connectivity index (χ0n) is 10.7. The number of benzene rings is 2. The maximum absolute atomic E-state index is 6.07. The zero-order valence-corrected chi connectivity index (χ0v) is 10.7.